The van der Waals surface area contributed by atoms with Crippen molar-refractivity contribution in [2.24, 2.45) is 5.92 Å². The van der Waals surface area contributed by atoms with Gasteiger partial charge >= 0.3 is 0 Å². The van der Waals surface area contributed by atoms with Gasteiger partial charge in [-0.3, -0.25) is 4.79 Å². The van der Waals surface area contributed by atoms with Crippen molar-refractivity contribution in [3.8, 4) is 0 Å². The molecule has 0 bridgehead atoms. The number of carbonyl (C=O) groups is 1. The summed E-state index contributed by atoms with van der Waals surface area (Å²) >= 11 is 0. The van der Waals surface area contributed by atoms with Gasteiger partial charge in [-0.2, -0.15) is 0 Å². The Morgan fingerprint density at radius 1 is 1.00 bits per heavy atom. The standard InChI is InChI=1S/C17H31NO2/c1-2-14-20-16-10-7-12-18(13-11-16)17(19)15-8-5-3-4-6-9-15/h15-16H,2-14H2,1H3. The molecule has 0 aromatic heterocycles. The Labute approximate surface area is 124 Å². The van der Waals surface area contributed by atoms with Gasteiger partial charge in [0, 0.05) is 25.6 Å². The number of carbonyl (C=O) groups excluding carboxylic acids is 1. The summed E-state index contributed by atoms with van der Waals surface area (Å²) in [6.07, 6.45) is 12.1. The van der Waals surface area contributed by atoms with Gasteiger partial charge in [0.25, 0.3) is 0 Å². The lowest BCUT2D eigenvalue weighted by Crippen LogP contribution is -2.37. The molecule has 0 aromatic carbocycles. The monoisotopic (exact) mass is 281 g/mol. The van der Waals surface area contributed by atoms with Crippen LogP contribution in [0.5, 0.6) is 0 Å². The van der Waals surface area contributed by atoms with E-state index in [1.54, 1.807) is 0 Å². The molecule has 3 heteroatoms. The zero-order valence-corrected chi connectivity index (χ0v) is 13.1. The summed E-state index contributed by atoms with van der Waals surface area (Å²) < 4.78 is 5.87. The molecule has 2 rings (SSSR count). The predicted octanol–water partition coefficient (Wildman–Crippen LogP) is 3.76. The van der Waals surface area contributed by atoms with Crippen molar-refractivity contribution in [1.82, 2.24) is 4.90 Å². The van der Waals surface area contributed by atoms with E-state index in [4.69, 9.17) is 4.74 Å². The zero-order valence-electron chi connectivity index (χ0n) is 13.1. The van der Waals surface area contributed by atoms with E-state index < -0.39 is 0 Å². The lowest BCUT2D eigenvalue weighted by molar-refractivity contribution is -0.136. The minimum absolute atomic E-state index is 0.311. The van der Waals surface area contributed by atoms with Crippen molar-refractivity contribution in [3.63, 3.8) is 0 Å². The second kappa shape index (κ2) is 8.66. The van der Waals surface area contributed by atoms with Gasteiger partial charge in [-0.25, -0.2) is 0 Å². The van der Waals surface area contributed by atoms with Gasteiger partial charge in [-0.1, -0.05) is 32.6 Å². The van der Waals surface area contributed by atoms with Gasteiger partial charge in [0.15, 0.2) is 0 Å². The maximum absolute atomic E-state index is 12.7. The van der Waals surface area contributed by atoms with E-state index in [-0.39, 0.29) is 0 Å². The molecule has 1 saturated heterocycles. The highest BCUT2D eigenvalue weighted by molar-refractivity contribution is 5.78. The molecule has 1 unspecified atom stereocenters. The first-order valence-corrected chi connectivity index (χ1v) is 8.71. The van der Waals surface area contributed by atoms with Gasteiger partial charge in [0.2, 0.25) is 5.91 Å². The van der Waals surface area contributed by atoms with Crippen molar-refractivity contribution in [2.75, 3.05) is 19.7 Å². The van der Waals surface area contributed by atoms with E-state index in [1.165, 1.54) is 25.7 Å². The van der Waals surface area contributed by atoms with Crippen LogP contribution >= 0.6 is 0 Å². The molecule has 0 N–H and O–H groups in total. The molecule has 116 valence electrons. The molecule has 1 aliphatic heterocycles. The molecular weight excluding hydrogens is 250 g/mol. The number of amides is 1. The summed E-state index contributed by atoms with van der Waals surface area (Å²) in [5.74, 6) is 0.744. The highest BCUT2D eigenvalue weighted by Gasteiger charge is 2.27. The number of rotatable bonds is 4. The van der Waals surface area contributed by atoms with Crippen LogP contribution in [0, 0.1) is 5.92 Å². The van der Waals surface area contributed by atoms with Crippen LogP contribution in [0.15, 0.2) is 0 Å². The number of likely N-dealkylation sites (tertiary alicyclic amines) is 1. The van der Waals surface area contributed by atoms with Crippen LogP contribution in [0.2, 0.25) is 0 Å². The van der Waals surface area contributed by atoms with E-state index in [0.29, 0.717) is 17.9 Å². The fourth-order valence-corrected chi connectivity index (χ4v) is 3.52. The van der Waals surface area contributed by atoms with E-state index in [2.05, 4.69) is 11.8 Å². The molecule has 1 atom stereocenters. The van der Waals surface area contributed by atoms with Crippen LogP contribution in [0.3, 0.4) is 0 Å². The molecule has 0 spiro atoms. The third-order valence-corrected chi connectivity index (χ3v) is 4.75. The number of hydrogen-bond donors (Lipinski definition) is 0. The first-order chi connectivity index (χ1) is 9.81. The summed E-state index contributed by atoms with van der Waals surface area (Å²) in [4.78, 5) is 14.8. The average molecular weight is 281 g/mol. The van der Waals surface area contributed by atoms with E-state index in [9.17, 15) is 4.79 Å². The molecule has 2 fully saturated rings. The van der Waals surface area contributed by atoms with Gasteiger partial charge in [-0.15, -0.1) is 0 Å². The number of nitrogens with zero attached hydrogens (tertiary/aromatic N) is 1. The minimum Gasteiger partial charge on any atom is -0.378 e. The Balaban J connectivity index is 1.81. The third-order valence-electron chi connectivity index (χ3n) is 4.75. The van der Waals surface area contributed by atoms with Crippen molar-refractivity contribution < 1.29 is 9.53 Å². The topological polar surface area (TPSA) is 29.5 Å². The van der Waals surface area contributed by atoms with Crippen LogP contribution in [0.25, 0.3) is 0 Å². The summed E-state index contributed by atoms with van der Waals surface area (Å²) in [6, 6.07) is 0. The summed E-state index contributed by atoms with van der Waals surface area (Å²) in [6.45, 7) is 4.87. The average Bonchev–Trinajstić information content (AvgIpc) is 2.87. The van der Waals surface area contributed by atoms with Crippen molar-refractivity contribution in [1.29, 1.82) is 0 Å². The van der Waals surface area contributed by atoms with Crippen LogP contribution in [-0.2, 0) is 9.53 Å². The molecule has 0 radical (unpaired) electrons. The maximum atomic E-state index is 12.7. The van der Waals surface area contributed by atoms with Gasteiger partial charge in [0.05, 0.1) is 6.10 Å². The molecule has 1 saturated carbocycles. The van der Waals surface area contributed by atoms with E-state index in [1.807, 2.05) is 0 Å². The van der Waals surface area contributed by atoms with Crippen LogP contribution in [0.4, 0.5) is 0 Å². The molecule has 1 aliphatic carbocycles. The summed E-state index contributed by atoms with van der Waals surface area (Å²) in [5.41, 5.74) is 0. The second-order valence-electron chi connectivity index (χ2n) is 6.44. The van der Waals surface area contributed by atoms with Crippen molar-refractivity contribution in [2.45, 2.75) is 77.2 Å². The highest BCUT2D eigenvalue weighted by Crippen LogP contribution is 2.26. The molecule has 1 amide bonds. The lowest BCUT2D eigenvalue weighted by atomic mass is 9.98. The second-order valence-corrected chi connectivity index (χ2v) is 6.44. The summed E-state index contributed by atoms with van der Waals surface area (Å²) in [5, 5.41) is 0. The van der Waals surface area contributed by atoms with Crippen molar-refractivity contribution >= 4 is 5.91 Å². The fourth-order valence-electron chi connectivity index (χ4n) is 3.52. The molecule has 1 heterocycles. The van der Waals surface area contributed by atoms with E-state index >= 15 is 0 Å². The molecule has 20 heavy (non-hydrogen) atoms. The van der Waals surface area contributed by atoms with Gasteiger partial charge < -0.3 is 9.64 Å². The summed E-state index contributed by atoms with van der Waals surface area (Å²) in [7, 11) is 0. The van der Waals surface area contributed by atoms with Crippen LogP contribution < -0.4 is 0 Å². The predicted molar refractivity (Wildman–Crippen MR) is 81.7 cm³/mol. The molecular formula is C17H31NO2. The Morgan fingerprint density at radius 2 is 1.75 bits per heavy atom. The number of hydrogen-bond acceptors (Lipinski definition) is 2. The van der Waals surface area contributed by atoms with Crippen LogP contribution in [0.1, 0.15) is 71.1 Å². The molecule has 0 aromatic rings. The quantitative estimate of drug-likeness (QED) is 0.734. The highest BCUT2D eigenvalue weighted by atomic mass is 16.5. The minimum atomic E-state index is 0.311. The smallest absolute Gasteiger partial charge is 0.225 e. The Hall–Kier alpha value is -0.570. The Bertz CT molecular complexity index is 285. The molecule has 2 aliphatic rings. The van der Waals surface area contributed by atoms with Crippen LogP contribution in [-0.4, -0.2) is 36.6 Å². The van der Waals surface area contributed by atoms with Gasteiger partial charge in [-0.05, 0) is 38.5 Å². The molecule has 3 nitrogen and oxygen atoms in total. The fraction of sp³-hybridized carbons (Fsp3) is 0.941. The SMILES string of the molecule is CCCOC1CCCN(C(=O)C2CCCCCC2)CC1. The van der Waals surface area contributed by atoms with Gasteiger partial charge in [0.1, 0.15) is 0 Å². The Morgan fingerprint density at radius 3 is 2.45 bits per heavy atom. The van der Waals surface area contributed by atoms with Crippen molar-refractivity contribution in [3.05, 3.63) is 0 Å². The first kappa shape index (κ1) is 15.8. The Kier molecular flexibility index (Phi) is 6.85. The zero-order chi connectivity index (χ0) is 14.2. The normalized spacial score (nSPS) is 26.1. The number of ether oxygens (including phenoxy) is 1. The lowest BCUT2D eigenvalue weighted by Gasteiger charge is -2.25. The largest absolute Gasteiger partial charge is 0.378 e. The maximum Gasteiger partial charge on any atom is 0.225 e. The van der Waals surface area contributed by atoms with E-state index in [0.717, 1.165) is 58.2 Å². The first-order valence-electron chi connectivity index (χ1n) is 8.71. The third kappa shape index (κ3) is 4.76.